The van der Waals surface area contributed by atoms with Gasteiger partial charge in [0.2, 0.25) is 0 Å². The van der Waals surface area contributed by atoms with Crippen LogP contribution in [-0.2, 0) is 0 Å². The molecule has 5 heteroatoms. The van der Waals surface area contributed by atoms with Crippen LogP contribution in [0, 0.1) is 0 Å². The number of halogens is 1. The average Bonchev–Trinajstić information content (AvgIpc) is 2.49. The van der Waals surface area contributed by atoms with Crippen molar-refractivity contribution in [3.8, 4) is 0 Å². The van der Waals surface area contributed by atoms with Crippen molar-refractivity contribution in [1.29, 1.82) is 0 Å². The van der Waals surface area contributed by atoms with E-state index in [2.05, 4.69) is 69.2 Å². The van der Waals surface area contributed by atoms with Gasteiger partial charge in [0, 0.05) is 53.2 Å². The third-order valence-corrected chi connectivity index (χ3v) is 10.5. The molecule has 2 saturated heterocycles. The molecule has 0 bridgehead atoms. The molecule has 2 fully saturated rings. The van der Waals surface area contributed by atoms with Crippen molar-refractivity contribution in [3.05, 3.63) is 45.9 Å². The highest BCUT2D eigenvalue weighted by molar-refractivity contribution is 9.10. The molecule has 0 unspecified atom stereocenters. The van der Waals surface area contributed by atoms with Gasteiger partial charge in [-0.15, -0.1) is 0 Å². The fourth-order valence-corrected chi connectivity index (χ4v) is 8.23. The number of hydrogen-bond acceptors (Lipinski definition) is 3. The Morgan fingerprint density at radius 3 is 2.12 bits per heavy atom. The van der Waals surface area contributed by atoms with Gasteiger partial charge in [0.1, 0.15) is 8.07 Å². The molecule has 26 heavy (non-hydrogen) atoms. The second kappa shape index (κ2) is 5.70. The molecule has 0 aromatic heterocycles. The number of benzene rings is 2. The Morgan fingerprint density at radius 1 is 0.885 bits per heavy atom. The van der Waals surface area contributed by atoms with Gasteiger partial charge in [-0.25, -0.2) is 0 Å². The molecule has 3 aliphatic rings. The Kier molecular flexibility index (Phi) is 3.63. The predicted molar refractivity (Wildman–Crippen MR) is 114 cm³/mol. The molecule has 134 valence electrons. The van der Waals surface area contributed by atoms with E-state index in [0.717, 1.165) is 41.8 Å². The molecule has 0 saturated carbocycles. The molecule has 5 rings (SSSR count). The highest BCUT2D eigenvalue weighted by Crippen LogP contribution is 2.33. The van der Waals surface area contributed by atoms with Crippen LogP contribution in [0.5, 0.6) is 0 Å². The largest absolute Gasteiger partial charge is 0.371 e. The summed E-state index contributed by atoms with van der Waals surface area (Å²) in [6.45, 7) is 9.30. The minimum absolute atomic E-state index is 0.180. The Balaban J connectivity index is 1.68. The van der Waals surface area contributed by atoms with E-state index in [1.807, 2.05) is 0 Å². The molecule has 2 aromatic rings. The SMILES string of the molecule is C[Si]1(C)c2cc(N3CCC3)ccc2C(=O)c2c(Br)cc(N3CCC3)cc21. The summed E-state index contributed by atoms with van der Waals surface area (Å²) in [7, 11) is -1.94. The first-order valence-electron chi connectivity index (χ1n) is 9.50. The first kappa shape index (κ1) is 16.6. The maximum absolute atomic E-state index is 13.3. The van der Waals surface area contributed by atoms with E-state index >= 15 is 0 Å². The van der Waals surface area contributed by atoms with Gasteiger partial charge in [0.15, 0.2) is 5.78 Å². The topological polar surface area (TPSA) is 23.6 Å². The van der Waals surface area contributed by atoms with Crippen LogP contribution in [0.4, 0.5) is 11.4 Å². The molecule has 3 aliphatic heterocycles. The molecular formula is C21H23BrN2OSi. The highest BCUT2D eigenvalue weighted by Gasteiger charge is 2.40. The van der Waals surface area contributed by atoms with Gasteiger partial charge in [-0.2, -0.15) is 0 Å². The van der Waals surface area contributed by atoms with Gasteiger partial charge in [-0.3, -0.25) is 4.79 Å². The Bertz CT molecular complexity index is 932. The zero-order valence-corrected chi connectivity index (χ0v) is 17.9. The maximum atomic E-state index is 13.3. The summed E-state index contributed by atoms with van der Waals surface area (Å²) in [6, 6.07) is 11.0. The van der Waals surface area contributed by atoms with Crippen LogP contribution >= 0.6 is 15.9 Å². The molecule has 0 amide bonds. The minimum Gasteiger partial charge on any atom is -0.371 e. The molecule has 3 heterocycles. The van der Waals surface area contributed by atoms with E-state index in [0.29, 0.717) is 0 Å². The Morgan fingerprint density at radius 2 is 1.50 bits per heavy atom. The summed E-state index contributed by atoms with van der Waals surface area (Å²) in [6.07, 6.45) is 2.53. The summed E-state index contributed by atoms with van der Waals surface area (Å²) >= 11 is 3.72. The minimum atomic E-state index is -1.94. The van der Waals surface area contributed by atoms with Gasteiger partial charge in [-0.05, 0) is 69.5 Å². The smallest absolute Gasteiger partial charge is 0.193 e. The third kappa shape index (κ3) is 2.26. The van der Waals surface area contributed by atoms with E-state index in [1.165, 1.54) is 34.6 Å². The average molecular weight is 427 g/mol. The summed E-state index contributed by atoms with van der Waals surface area (Å²) in [5, 5.41) is 2.58. The summed E-state index contributed by atoms with van der Waals surface area (Å²) in [5.74, 6) is 0.180. The van der Waals surface area contributed by atoms with Crippen LogP contribution in [0.15, 0.2) is 34.8 Å². The van der Waals surface area contributed by atoms with E-state index in [1.54, 1.807) is 0 Å². The van der Waals surface area contributed by atoms with Gasteiger partial charge in [0.05, 0.1) is 0 Å². The fourth-order valence-electron chi connectivity index (χ4n) is 4.37. The number of carbonyl (C=O) groups excluding carboxylic acids is 1. The fraction of sp³-hybridized carbons (Fsp3) is 0.381. The van der Waals surface area contributed by atoms with Crippen LogP contribution in [-0.4, -0.2) is 40.0 Å². The van der Waals surface area contributed by atoms with Crippen LogP contribution in [0.1, 0.15) is 28.8 Å². The Hall–Kier alpha value is -1.59. The zero-order chi connectivity index (χ0) is 18.1. The number of fused-ring (bicyclic) bond motifs is 2. The van der Waals surface area contributed by atoms with Crippen molar-refractivity contribution >= 4 is 51.5 Å². The number of nitrogens with zero attached hydrogens (tertiary/aromatic N) is 2. The first-order chi connectivity index (χ1) is 12.5. The van der Waals surface area contributed by atoms with Crippen molar-refractivity contribution in [3.63, 3.8) is 0 Å². The van der Waals surface area contributed by atoms with Crippen LogP contribution in [0.2, 0.25) is 13.1 Å². The second-order valence-corrected chi connectivity index (χ2v) is 13.4. The van der Waals surface area contributed by atoms with E-state index in [-0.39, 0.29) is 5.78 Å². The van der Waals surface area contributed by atoms with Crippen LogP contribution in [0.25, 0.3) is 0 Å². The predicted octanol–water partition coefficient (Wildman–Crippen LogP) is 3.24. The monoisotopic (exact) mass is 426 g/mol. The lowest BCUT2D eigenvalue weighted by molar-refractivity contribution is 0.103. The molecule has 0 radical (unpaired) electrons. The van der Waals surface area contributed by atoms with Gasteiger partial charge in [-0.1, -0.05) is 13.1 Å². The van der Waals surface area contributed by atoms with Gasteiger partial charge in [0.25, 0.3) is 0 Å². The lowest BCUT2D eigenvalue weighted by Gasteiger charge is -2.39. The summed E-state index contributed by atoms with van der Waals surface area (Å²) < 4.78 is 0.958. The lowest BCUT2D eigenvalue weighted by Crippen LogP contribution is -2.60. The molecule has 2 aromatic carbocycles. The van der Waals surface area contributed by atoms with Crippen molar-refractivity contribution in [2.45, 2.75) is 25.9 Å². The van der Waals surface area contributed by atoms with Crippen molar-refractivity contribution in [2.24, 2.45) is 0 Å². The number of ketones is 1. The van der Waals surface area contributed by atoms with Crippen molar-refractivity contribution < 1.29 is 4.79 Å². The highest BCUT2D eigenvalue weighted by atomic mass is 79.9. The molecule has 0 N–H and O–H groups in total. The molecular weight excluding hydrogens is 404 g/mol. The molecule has 0 atom stereocenters. The number of anilines is 2. The Labute approximate surface area is 164 Å². The zero-order valence-electron chi connectivity index (χ0n) is 15.3. The lowest BCUT2D eigenvalue weighted by atomic mass is 10.00. The summed E-state index contributed by atoms with van der Waals surface area (Å²) in [5.41, 5.74) is 4.35. The molecule has 0 spiro atoms. The number of rotatable bonds is 2. The van der Waals surface area contributed by atoms with Crippen LogP contribution in [0.3, 0.4) is 0 Å². The number of carbonyl (C=O) groups is 1. The van der Waals surface area contributed by atoms with E-state index in [4.69, 9.17) is 0 Å². The normalized spacial score (nSPS) is 20.2. The molecule has 0 aliphatic carbocycles. The quantitative estimate of drug-likeness (QED) is 0.688. The third-order valence-electron chi connectivity index (χ3n) is 6.34. The number of hydrogen-bond donors (Lipinski definition) is 0. The first-order valence-corrected chi connectivity index (χ1v) is 13.3. The summed E-state index contributed by atoms with van der Waals surface area (Å²) in [4.78, 5) is 18.1. The second-order valence-electron chi connectivity index (χ2n) is 8.22. The van der Waals surface area contributed by atoms with Crippen molar-refractivity contribution in [2.75, 3.05) is 36.0 Å². The van der Waals surface area contributed by atoms with E-state index in [9.17, 15) is 4.79 Å². The van der Waals surface area contributed by atoms with Crippen LogP contribution < -0.4 is 20.2 Å². The standard InChI is InChI=1S/C21H23BrN2OSi/c1-26(2)18-12-14(23-7-3-8-23)5-6-16(18)21(25)20-17(22)11-15(13-19(20)26)24-9-4-10-24/h5-6,11-13H,3-4,7-10H2,1-2H3. The van der Waals surface area contributed by atoms with E-state index < -0.39 is 8.07 Å². The maximum Gasteiger partial charge on any atom is 0.193 e. The molecule has 3 nitrogen and oxygen atoms in total. The van der Waals surface area contributed by atoms with Gasteiger partial charge < -0.3 is 9.80 Å². The van der Waals surface area contributed by atoms with Crippen molar-refractivity contribution in [1.82, 2.24) is 0 Å². The van der Waals surface area contributed by atoms with Gasteiger partial charge >= 0.3 is 0 Å².